The monoisotopic (exact) mass is 318 g/mol. The highest BCUT2D eigenvalue weighted by Crippen LogP contribution is 2.26. The van der Waals surface area contributed by atoms with E-state index < -0.39 is 0 Å². The molecule has 0 radical (unpaired) electrons. The summed E-state index contributed by atoms with van der Waals surface area (Å²) in [7, 11) is 0. The second-order valence-electron chi connectivity index (χ2n) is 6.55. The van der Waals surface area contributed by atoms with Gasteiger partial charge in [0.2, 0.25) is 5.91 Å². The van der Waals surface area contributed by atoms with E-state index in [0.717, 1.165) is 63.4 Å². The number of hydrogen-bond donors (Lipinski definition) is 1. The Morgan fingerprint density at radius 2 is 2.04 bits per heavy atom. The van der Waals surface area contributed by atoms with Crippen molar-refractivity contribution >= 4 is 11.7 Å². The van der Waals surface area contributed by atoms with Gasteiger partial charge in [-0.15, -0.1) is 0 Å². The SMILES string of the molecule is CCc1cc(N2CCN(C(=O)[C@H]3CCC[C@H](O)C3)CC2)ncn1. The second-order valence-corrected chi connectivity index (χ2v) is 6.55. The molecular weight excluding hydrogens is 292 g/mol. The topological polar surface area (TPSA) is 69.6 Å². The normalized spacial score (nSPS) is 25.5. The molecule has 2 atom stereocenters. The van der Waals surface area contributed by atoms with E-state index in [-0.39, 0.29) is 17.9 Å². The molecule has 126 valence electrons. The van der Waals surface area contributed by atoms with Gasteiger partial charge in [0.15, 0.2) is 0 Å². The number of carbonyl (C=O) groups excluding carboxylic acids is 1. The van der Waals surface area contributed by atoms with E-state index >= 15 is 0 Å². The number of nitrogens with zero attached hydrogens (tertiary/aromatic N) is 4. The van der Waals surface area contributed by atoms with Crippen LogP contribution in [0.1, 0.15) is 38.3 Å². The summed E-state index contributed by atoms with van der Waals surface area (Å²) in [6.07, 6.45) is 5.57. The third kappa shape index (κ3) is 3.80. The van der Waals surface area contributed by atoms with Gasteiger partial charge >= 0.3 is 0 Å². The predicted octanol–water partition coefficient (Wildman–Crippen LogP) is 1.24. The molecule has 1 N–H and O–H groups in total. The first-order valence-electron chi connectivity index (χ1n) is 8.70. The van der Waals surface area contributed by atoms with Gasteiger partial charge in [0.1, 0.15) is 12.1 Å². The Morgan fingerprint density at radius 3 is 2.74 bits per heavy atom. The number of carbonyl (C=O) groups is 1. The van der Waals surface area contributed by atoms with E-state index in [1.165, 1.54) is 0 Å². The lowest BCUT2D eigenvalue weighted by atomic mass is 9.86. The Labute approximate surface area is 137 Å². The van der Waals surface area contributed by atoms with Crippen LogP contribution in [0.2, 0.25) is 0 Å². The first kappa shape index (κ1) is 16.2. The molecule has 1 aromatic heterocycles. The fourth-order valence-electron chi connectivity index (χ4n) is 3.55. The molecule has 2 aliphatic rings. The number of piperazine rings is 1. The fourth-order valence-corrected chi connectivity index (χ4v) is 3.55. The van der Waals surface area contributed by atoms with Gasteiger partial charge in [-0.1, -0.05) is 13.3 Å². The zero-order valence-corrected chi connectivity index (χ0v) is 13.8. The van der Waals surface area contributed by atoms with Gasteiger partial charge in [0.25, 0.3) is 0 Å². The lowest BCUT2D eigenvalue weighted by molar-refractivity contribution is -0.138. The molecule has 0 spiro atoms. The van der Waals surface area contributed by atoms with Crippen molar-refractivity contribution in [3.63, 3.8) is 0 Å². The highest BCUT2D eigenvalue weighted by Gasteiger charge is 2.31. The first-order valence-corrected chi connectivity index (χ1v) is 8.70. The molecule has 0 aromatic carbocycles. The smallest absolute Gasteiger partial charge is 0.225 e. The predicted molar refractivity (Wildman–Crippen MR) is 88.2 cm³/mol. The average Bonchev–Trinajstić information content (AvgIpc) is 2.61. The molecule has 1 amide bonds. The van der Waals surface area contributed by atoms with Gasteiger partial charge in [-0.05, 0) is 25.7 Å². The third-order valence-electron chi connectivity index (χ3n) is 4.98. The summed E-state index contributed by atoms with van der Waals surface area (Å²) in [5, 5.41) is 9.77. The van der Waals surface area contributed by atoms with Crippen LogP contribution >= 0.6 is 0 Å². The molecule has 23 heavy (non-hydrogen) atoms. The zero-order chi connectivity index (χ0) is 16.2. The van der Waals surface area contributed by atoms with Gasteiger partial charge in [-0.25, -0.2) is 9.97 Å². The summed E-state index contributed by atoms with van der Waals surface area (Å²) >= 11 is 0. The van der Waals surface area contributed by atoms with E-state index in [2.05, 4.69) is 21.8 Å². The number of anilines is 1. The summed E-state index contributed by atoms with van der Waals surface area (Å²) in [6.45, 7) is 5.16. The van der Waals surface area contributed by atoms with Crippen LogP contribution in [-0.2, 0) is 11.2 Å². The lowest BCUT2D eigenvalue weighted by Crippen LogP contribution is -2.51. The quantitative estimate of drug-likeness (QED) is 0.908. The first-order chi connectivity index (χ1) is 11.2. The summed E-state index contributed by atoms with van der Waals surface area (Å²) in [6, 6.07) is 2.04. The van der Waals surface area contributed by atoms with E-state index in [0.29, 0.717) is 6.42 Å². The lowest BCUT2D eigenvalue weighted by Gasteiger charge is -2.38. The van der Waals surface area contributed by atoms with E-state index in [1.807, 2.05) is 11.0 Å². The van der Waals surface area contributed by atoms with Gasteiger partial charge in [0.05, 0.1) is 6.10 Å². The molecule has 1 aromatic rings. The Hall–Kier alpha value is -1.69. The van der Waals surface area contributed by atoms with Crippen LogP contribution in [-0.4, -0.2) is 58.2 Å². The van der Waals surface area contributed by atoms with E-state index in [9.17, 15) is 9.90 Å². The van der Waals surface area contributed by atoms with Crippen LogP contribution in [0.25, 0.3) is 0 Å². The van der Waals surface area contributed by atoms with E-state index in [4.69, 9.17) is 0 Å². The molecule has 1 aliphatic heterocycles. The van der Waals surface area contributed by atoms with Gasteiger partial charge < -0.3 is 14.9 Å². The van der Waals surface area contributed by atoms with Crippen molar-refractivity contribution < 1.29 is 9.90 Å². The van der Waals surface area contributed by atoms with Crippen LogP contribution in [0.5, 0.6) is 0 Å². The maximum absolute atomic E-state index is 12.6. The Balaban J connectivity index is 1.56. The van der Waals surface area contributed by atoms with Gasteiger partial charge in [0, 0.05) is 43.9 Å². The van der Waals surface area contributed by atoms with Crippen molar-refractivity contribution in [1.29, 1.82) is 0 Å². The summed E-state index contributed by atoms with van der Waals surface area (Å²) < 4.78 is 0. The number of amides is 1. The van der Waals surface area contributed by atoms with Crippen molar-refractivity contribution in [2.75, 3.05) is 31.1 Å². The van der Waals surface area contributed by atoms with Crippen molar-refractivity contribution in [1.82, 2.24) is 14.9 Å². The van der Waals surface area contributed by atoms with Crippen molar-refractivity contribution in [3.8, 4) is 0 Å². The summed E-state index contributed by atoms with van der Waals surface area (Å²) in [5.41, 5.74) is 1.05. The largest absolute Gasteiger partial charge is 0.393 e. The molecular formula is C17H26N4O2. The molecule has 0 unspecified atom stereocenters. The molecule has 1 aliphatic carbocycles. The van der Waals surface area contributed by atoms with Crippen molar-refractivity contribution in [2.45, 2.75) is 45.1 Å². The van der Waals surface area contributed by atoms with Crippen molar-refractivity contribution in [3.05, 3.63) is 18.1 Å². The van der Waals surface area contributed by atoms with Crippen LogP contribution in [0, 0.1) is 5.92 Å². The molecule has 2 heterocycles. The molecule has 6 heteroatoms. The Morgan fingerprint density at radius 1 is 1.26 bits per heavy atom. The number of hydrogen-bond acceptors (Lipinski definition) is 5. The fraction of sp³-hybridized carbons (Fsp3) is 0.706. The number of aliphatic hydroxyl groups excluding tert-OH is 1. The zero-order valence-electron chi connectivity index (χ0n) is 13.8. The van der Waals surface area contributed by atoms with Crippen molar-refractivity contribution in [2.24, 2.45) is 5.92 Å². The molecule has 0 bridgehead atoms. The van der Waals surface area contributed by atoms with Gasteiger partial charge in [-0.2, -0.15) is 0 Å². The highest BCUT2D eigenvalue weighted by molar-refractivity contribution is 5.79. The molecule has 1 saturated carbocycles. The summed E-state index contributed by atoms with van der Waals surface area (Å²) in [4.78, 5) is 25.4. The second kappa shape index (κ2) is 7.25. The number of rotatable bonds is 3. The summed E-state index contributed by atoms with van der Waals surface area (Å²) in [5.74, 6) is 1.19. The maximum Gasteiger partial charge on any atom is 0.225 e. The number of aliphatic hydroxyl groups is 1. The minimum Gasteiger partial charge on any atom is -0.393 e. The number of aryl methyl sites for hydroxylation is 1. The van der Waals surface area contributed by atoms with Crippen LogP contribution in [0.3, 0.4) is 0 Å². The molecule has 6 nitrogen and oxygen atoms in total. The van der Waals surface area contributed by atoms with Crippen LogP contribution in [0.4, 0.5) is 5.82 Å². The maximum atomic E-state index is 12.6. The third-order valence-corrected chi connectivity index (χ3v) is 4.98. The molecule has 3 rings (SSSR count). The Bertz CT molecular complexity index is 543. The molecule has 1 saturated heterocycles. The van der Waals surface area contributed by atoms with Crippen LogP contribution in [0.15, 0.2) is 12.4 Å². The van der Waals surface area contributed by atoms with E-state index in [1.54, 1.807) is 6.33 Å². The standard InChI is InChI=1S/C17H26N4O2/c1-2-14-11-16(19-12-18-14)20-6-8-21(9-7-20)17(23)13-4-3-5-15(22)10-13/h11-13,15,22H,2-10H2,1H3/t13-,15-/m0/s1. The highest BCUT2D eigenvalue weighted by atomic mass is 16.3. The average molecular weight is 318 g/mol. The minimum absolute atomic E-state index is 0.0102. The molecule has 2 fully saturated rings. The van der Waals surface area contributed by atoms with Crippen LogP contribution < -0.4 is 4.90 Å². The minimum atomic E-state index is -0.299. The number of aromatic nitrogens is 2. The van der Waals surface area contributed by atoms with Gasteiger partial charge in [-0.3, -0.25) is 4.79 Å². The Kier molecular flexibility index (Phi) is 5.10.